The number of carbonyl (C=O) groups excluding carboxylic acids is 2. The molecule has 0 aromatic heterocycles. The highest BCUT2D eigenvalue weighted by atomic mass is 35.5. The van der Waals surface area contributed by atoms with Gasteiger partial charge < -0.3 is 19.7 Å². The summed E-state index contributed by atoms with van der Waals surface area (Å²) < 4.78 is 9.41. The fraction of sp³-hybridized carbons (Fsp3) is 0.500. The SMILES string of the molecule is C=C(Cl)C(=O)OCCCCOC(=O)C(=C)Cl.OCCO. The molecule has 0 unspecified atom stereocenters. The normalized spacial score (nSPS) is 9.00. The molecule has 6 nitrogen and oxygen atoms in total. The van der Waals surface area contributed by atoms with Crippen LogP contribution >= 0.6 is 23.2 Å². The molecule has 0 bridgehead atoms. The van der Waals surface area contributed by atoms with Gasteiger partial charge >= 0.3 is 11.9 Å². The molecule has 20 heavy (non-hydrogen) atoms. The van der Waals surface area contributed by atoms with E-state index in [1.54, 1.807) is 0 Å². The number of esters is 2. The molecule has 0 aliphatic carbocycles. The molecule has 0 aliphatic rings. The van der Waals surface area contributed by atoms with Gasteiger partial charge in [-0.1, -0.05) is 36.4 Å². The summed E-state index contributed by atoms with van der Waals surface area (Å²) in [5, 5.41) is 14.9. The predicted molar refractivity (Wildman–Crippen MR) is 75.3 cm³/mol. The van der Waals surface area contributed by atoms with E-state index < -0.39 is 11.9 Å². The van der Waals surface area contributed by atoms with E-state index in [9.17, 15) is 9.59 Å². The lowest BCUT2D eigenvalue weighted by Gasteiger charge is -2.04. The third kappa shape index (κ3) is 15.0. The lowest BCUT2D eigenvalue weighted by Crippen LogP contribution is -2.08. The molecule has 116 valence electrons. The van der Waals surface area contributed by atoms with Crippen LogP contribution in [0.4, 0.5) is 0 Å². The van der Waals surface area contributed by atoms with E-state index in [2.05, 4.69) is 13.2 Å². The Kier molecular flexibility index (Phi) is 15.2. The van der Waals surface area contributed by atoms with Crippen molar-refractivity contribution in [2.75, 3.05) is 26.4 Å². The Hall–Kier alpha value is -1.08. The zero-order chi connectivity index (χ0) is 16.0. The van der Waals surface area contributed by atoms with Gasteiger partial charge in [-0.15, -0.1) is 0 Å². The van der Waals surface area contributed by atoms with Crippen molar-refractivity contribution in [3.63, 3.8) is 0 Å². The monoisotopic (exact) mass is 328 g/mol. The van der Waals surface area contributed by atoms with Crippen LogP contribution in [0, 0.1) is 0 Å². The highest BCUT2D eigenvalue weighted by Gasteiger charge is 2.06. The Bertz CT molecular complexity index is 298. The van der Waals surface area contributed by atoms with Crippen molar-refractivity contribution in [1.29, 1.82) is 0 Å². The van der Waals surface area contributed by atoms with E-state index in [-0.39, 0.29) is 36.5 Å². The molecule has 0 radical (unpaired) electrons. The molecular formula is C12H18Cl2O6. The number of aliphatic hydroxyl groups excluding tert-OH is 2. The molecule has 0 aromatic carbocycles. The van der Waals surface area contributed by atoms with Crippen molar-refractivity contribution >= 4 is 35.1 Å². The second-order valence-electron chi connectivity index (χ2n) is 3.24. The maximum absolute atomic E-state index is 10.8. The minimum atomic E-state index is -0.646. The van der Waals surface area contributed by atoms with Gasteiger partial charge in [0.25, 0.3) is 0 Å². The van der Waals surface area contributed by atoms with Crippen molar-refractivity contribution < 1.29 is 29.3 Å². The lowest BCUT2D eigenvalue weighted by molar-refractivity contribution is -0.140. The fourth-order valence-electron chi connectivity index (χ4n) is 0.690. The van der Waals surface area contributed by atoms with E-state index in [4.69, 9.17) is 42.9 Å². The Morgan fingerprint density at radius 2 is 1.15 bits per heavy atom. The third-order valence-electron chi connectivity index (χ3n) is 1.55. The smallest absolute Gasteiger partial charge is 0.349 e. The van der Waals surface area contributed by atoms with Crippen molar-refractivity contribution in [2.24, 2.45) is 0 Å². The Morgan fingerprint density at radius 1 is 0.850 bits per heavy atom. The summed E-state index contributed by atoms with van der Waals surface area (Å²) in [4.78, 5) is 21.6. The summed E-state index contributed by atoms with van der Waals surface area (Å²) in [6.45, 7) is 6.57. The number of hydrogen-bond acceptors (Lipinski definition) is 6. The maximum Gasteiger partial charge on any atom is 0.349 e. The van der Waals surface area contributed by atoms with Gasteiger partial charge in [0.2, 0.25) is 0 Å². The second-order valence-corrected chi connectivity index (χ2v) is 4.15. The van der Waals surface area contributed by atoms with Crippen molar-refractivity contribution in [3.8, 4) is 0 Å². The molecule has 0 saturated carbocycles. The van der Waals surface area contributed by atoms with Crippen molar-refractivity contribution in [3.05, 3.63) is 23.2 Å². The standard InChI is InChI=1S/C10H12Cl2O4.C2H6O2/c1-7(11)9(13)15-5-3-4-6-16-10(14)8(2)12;3-1-2-4/h1-6H2;3-4H,1-2H2. The molecule has 0 spiro atoms. The van der Waals surface area contributed by atoms with Gasteiger partial charge in [0, 0.05) is 0 Å². The summed E-state index contributed by atoms with van der Waals surface area (Å²) in [5.74, 6) is -1.29. The van der Waals surface area contributed by atoms with Gasteiger partial charge in [0.05, 0.1) is 26.4 Å². The van der Waals surface area contributed by atoms with Gasteiger partial charge in [-0.25, -0.2) is 9.59 Å². The summed E-state index contributed by atoms with van der Waals surface area (Å²) in [6, 6.07) is 0. The van der Waals surface area contributed by atoms with Crippen molar-refractivity contribution in [1.82, 2.24) is 0 Å². The Morgan fingerprint density at radius 3 is 1.35 bits per heavy atom. The van der Waals surface area contributed by atoms with Crippen LogP contribution in [0.25, 0.3) is 0 Å². The highest BCUT2D eigenvalue weighted by Crippen LogP contribution is 2.03. The minimum absolute atomic E-state index is 0.125. The first-order chi connectivity index (χ1) is 9.36. The second kappa shape index (κ2) is 14.3. The molecule has 0 aliphatic heterocycles. The van der Waals surface area contributed by atoms with E-state index in [0.717, 1.165) is 0 Å². The number of unbranched alkanes of at least 4 members (excludes halogenated alkanes) is 1. The molecular weight excluding hydrogens is 311 g/mol. The molecule has 0 rings (SSSR count). The average Bonchev–Trinajstić information content (AvgIpc) is 2.41. The van der Waals surface area contributed by atoms with Crippen LogP contribution < -0.4 is 0 Å². The van der Waals surface area contributed by atoms with Gasteiger partial charge in [0.1, 0.15) is 10.1 Å². The first-order valence-electron chi connectivity index (χ1n) is 5.61. The first kappa shape index (κ1) is 21.2. The van der Waals surface area contributed by atoms with E-state index in [1.807, 2.05) is 0 Å². The summed E-state index contributed by atoms with van der Waals surface area (Å²) in [7, 11) is 0. The van der Waals surface area contributed by atoms with Crippen LogP contribution in [0.15, 0.2) is 23.2 Å². The van der Waals surface area contributed by atoms with E-state index in [0.29, 0.717) is 12.8 Å². The van der Waals surface area contributed by atoms with Crippen LogP contribution in [0.1, 0.15) is 12.8 Å². The first-order valence-corrected chi connectivity index (χ1v) is 6.37. The largest absolute Gasteiger partial charge is 0.461 e. The maximum atomic E-state index is 10.8. The van der Waals surface area contributed by atoms with Gasteiger partial charge in [-0.2, -0.15) is 0 Å². The minimum Gasteiger partial charge on any atom is -0.461 e. The topological polar surface area (TPSA) is 93.1 Å². The van der Waals surface area contributed by atoms with Crippen LogP contribution in [-0.2, 0) is 19.1 Å². The van der Waals surface area contributed by atoms with Gasteiger partial charge in [-0.3, -0.25) is 0 Å². The van der Waals surface area contributed by atoms with Crippen LogP contribution in [0.2, 0.25) is 0 Å². The van der Waals surface area contributed by atoms with Crippen LogP contribution in [-0.4, -0.2) is 48.6 Å². The quantitative estimate of drug-likeness (QED) is 0.396. The van der Waals surface area contributed by atoms with Crippen molar-refractivity contribution in [2.45, 2.75) is 12.8 Å². The molecule has 0 fully saturated rings. The Balaban J connectivity index is 0. The third-order valence-corrected chi connectivity index (χ3v) is 1.86. The zero-order valence-electron chi connectivity index (χ0n) is 10.9. The summed E-state index contributed by atoms with van der Waals surface area (Å²) in [6.07, 6.45) is 1.11. The summed E-state index contributed by atoms with van der Waals surface area (Å²) in [5.41, 5.74) is 0. The van der Waals surface area contributed by atoms with Crippen LogP contribution in [0.5, 0.6) is 0 Å². The molecule has 0 heterocycles. The Labute approximate surface area is 127 Å². The van der Waals surface area contributed by atoms with E-state index in [1.165, 1.54) is 0 Å². The fourth-order valence-corrected chi connectivity index (χ4v) is 0.800. The highest BCUT2D eigenvalue weighted by molar-refractivity contribution is 6.41. The van der Waals surface area contributed by atoms with E-state index >= 15 is 0 Å². The number of ether oxygens (including phenoxy) is 2. The number of rotatable bonds is 8. The van der Waals surface area contributed by atoms with Crippen LogP contribution in [0.3, 0.4) is 0 Å². The van der Waals surface area contributed by atoms with Gasteiger partial charge in [0.15, 0.2) is 0 Å². The number of halogens is 2. The average molecular weight is 329 g/mol. The zero-order valence-corrected chi connectivity index (χ0v) is 12.5. The number of carbonyl (C=O) groups is 2. The molecule has 2 N–H and O–H groups in total. The molecule has 0 saturated heterocycles. The number of aliphatic hydroxyl groups is 2. The number of hydrogen-bond donors (Lipinski definition) is 2. The molecule has 0 atom stereocenters. The molecule has 0 amide bonds. The molecule has 8 heteroatoms. The molecule has 0 aromatic rings. The van der Waals surface area contributed by atoms with Gasteiger partial charge in [-0.05, 0) is 12.8 Å². The lowest BCUT2D eigenvalue weighted by atomic mass is 10.3. The summed E-state index contributed by atoms with van der Waals surface area (Å²) >= 11 is 10.6. The predicted octanol–water partition coefficient (Wildman–Crippen LogP) is 1.33.